The Labute approximate surface area is 89.0 Å². The van der Waals surface area contributed by atoms with Crippen LogP contribution in [0.25, 0.3) is 0 Å². The Morgan fingerprint density at radius 3 is 2.07 bits per heavy atom. The normalized spacial score (nSPS) is 16.3. The lowest BCUT2D eigenvalue weighted by Gasteiger charge is -2.23. The summed E-state index contributed by atoms with van der Waals surface area (Å²) < 4.78 is 11.9. The average Bonchev–Trinajstić information content (AvgIpc) is 2.15. The van der Waals surface area contributed by atoms with Crippen molar-refractivity contribution in [2.45, 2.75) is 37.7 Å². The molecule has 1 nitrogen and oxygen atoms in total. The van der Waals surface area contributed by atoms with Crippen molar-refractivity contribution in [3.63, 3.8) is 0 Å². The van der Waals surface area contributed by atoms with Crippen LogP contribution in [-0.4, -0.2) is 8.96 Å². The van der Waals surface area contributed by atoms with Gasteiger partial charge in [0.2, 0.25) is 0 Å². The largest absolute Gasteiger partial charge is 0.258 e. The number of hydrogen-bond donors (Lipinski definition) is 0. The van der Waals surface area contributed by atoms with Crippen molar-refractivity contribution < 1.29 is 4.21 Å². The van der Waals surface area contributed by atoms with E-state index >= 15 is 0 Å². The third-order valence-electron chi connectivity index (χ3n) is 2.19. The second-order valence-corrected chi connectivity index (χ2v) is 6.99. The maximum Gasteiger partial charge on any atom is 0.0574 e. The number of benzene rings is 1. The summed E-state index contributed by atoms with van der Waals surface area (Å²) in [6.45, 7) is 8.07. The van der Waals surface area contributed by atoms with Crippen molar-refractivity contribution >= 4 is 10.8 Å². The molecule has 0 amide bonds. The van der Waals surface area contributed by atoms with E-state index in [0.717, 1.165) is 5.56 Å². The molecule has 0 saturated heterocycles. The summed E-state index contributed by atoms with van der Waals surface area (Å²) in [4.78, 5) is 0. The Morgan fingerprint density at radius 1 is 1.14 bits per heavy atom. The highest BCUT2D eigenvalue weighted by molar-refractivity contribution is 7.86. The molecule has 2 atom stereocenters. The third kappa shape index (κ3) is 2.68. The smallest absolute Gasteiger partial charge is 0.0574 e. The van der Waals surface area contributed by atoms with Gasteiger partial charge in [0.05, 0.1) is 5.25 Å². The molecule has 0 aromatic heterocycles. The molecule has 0 spiro atoms. The van der Waals surface area contributed by atoms with Gasteiger partial charge < -0.3 is 0 Å². The van der Waals surface area contributed by atoms with Gasteiger partial charge in [-0.25, -0.2) is 0 Å². The molecule has 0 radical (unpaired) electrons. The van der Waals surface area contributed by atoms with Crippen LogP contribution in [0.5, 0.6) is 0 Å². The molecule has 0 saturated carbocycles. The van der Waals surface area contributed by atoms with Gasteiger partial charge in [0.1, 0.15) is 0 Å². The van der Waals surface area contributed by atoms with E-state index < -0.39 is 10.8 Å². The van der Waals surface area contributed by atoms with E-state index in [2.05, 4.69) is 0 Å². The van der Waals surface area contributed by atoms with E-state index in [1.807, 2.05) is 58.0 Å². The first kappa shape index (κ1) is 11.4. The zero-order chi connectivity index (χ0) is 10.8. The topological polar surface area (TPSA) is 17.1 Å². The Kier molecular flexibility index (Phi) is 3.48. The van der Waals surface area contributed by atoms with E-state index in [9.17, 15) is 4.21 Å². The van der Waals surface area contributed by atoms with Crippen molar-refractivity contribution in [2.24, 2.45) is 0 Å². The molecule has 2 heteroatoms. The summed E-state index contributed by atoms with van der Waals surface area (Å²) in [5.41, 5.74) is 1.15. The van der Waals surface area contributed by atoms with Crippen LogP contribution in [-0.2, 0) is 10.8 Å². The second kappa shape index (κ2) is 4.26. The fourth-order valence-corrected chi connectivity index (χ4v) is 2.84. The van der Waals surface area contributed by atoms with E-state index in [-0.39, 0.29) is 10.00 Å². The van der Waals surface area contributed by atoms with Crippen LogP contribution in [0.1, 0.15) is 38.5 Å². The highest BCUT2D eigenvalue weighted by Gasteiger charge is 2.25. The van der Waals surface area contributed by atoms with Crippen LogP contribution in [0, 0.1) is 0 Å². The number of rotatable bonds is 2. The Morgan fingerprint density at radius 2 is 1.64 bits per heavy atom. The minimum absolute atomic E-state index is 0.108. The van der Waals surface area contributed by atoms with Crippen molar-refractivity contribution in [1.29, 1.82) is 0 Å². The predicted octanol–water partition coefficient (Wildman–Crippen LogP) is 3.29. The summed E-state index contributed by atoms with van der Waals surface area (Å²) in [6.07, 6.45) is 0. The molecule has 1 rings (SSSR count). The molecule has 78 valence electrons. The zero-order valence-corrected chi connectivity index (χ0v) is 10.1. The van der Waals surface area contributed by atoms with Crippen molar-refractivity contribution in [3.05, 3.63) is 35.9 Å². The summed E-state index contributed by atoms with van der Waals surface area (Å²) in [7, 11) is -0.833. The average molecular weight is 210 g/mol. The first-order chi connectivity index (χ1) is 6.43. The molecule has 0 aliphatic heterocycles. The molecule has 0 aliphatic rings. The van der Waals surface area contributed by atoms with Gasteiger partial charge in [-0.2, -0.15) is 0 Å². The van der Waals surface area contributed by atoms with Gasteiger partial charge >= 0.3 is 0 Å². The minimum Gasteiger partial charge on any atom is -0.258 e. The second-order valence-electron chi connectivity index (χ2n) is 4.46. The number of hydrogen-bond acceptors (Lipinski definition) is 1. The molecule has 0 aliphatic carbocycles. The van der Waals surface area contributed by atoms with Gasteiger partial charge in [-0.3, -0.25) is 4.21 Å². The molecule has 14 heavy (non-hydrogen) atoms. The van der Waals surface area contributed by atoms with Gasteiger partial charge in [0.25, 0.3) is 0 Å². The monoisotopic (exact) mass is 210 g/mol. The van der Waals surface area contributed by atoms with E-state index in [1.54, 1.807) is 0 Å². The maximum absolute atomic E-state index is 12.1. The SMILES string of the molecule is C[C@H](c1ccccc1)S(=O)C(C)(C)C. The van der Waals surface area contributed by atoms with Gasteiger partial charge in [-0.1, -0.05) is 30.3 Å². The molecule has 1 unspecified atom stereocenters. The molecular formula is C12H18OS. The van der Waals surface area contributed by atoms with Crippen molar-refractivity contribution in [1.82, 2.24) is 0 Å². The lowest BCUT2D eigenvalue weighted by atomic mass is 10.2. The lowest BCUT2D eigenvalue weighted by molar-refractivity contribution is 0.640. The lowest BCUT2D eigenvalue weighted by Crippen LogP contribution is -2.25. The Hall–Kier alpha value is -0.630. The fraction of sp³-hybridized carbons (Fsp3) is 0.500. The predicted molar refractivity (Wildman–Crippen MR) is 62.8 cm³/mol. The highest BCUT2D eigenvalue weighted by atomic mass is 32.2. The van der Waals surface area contributed by atoms with Gasteiger partial charge in [0, 0.05) is 15.5 Å². The summed E-state index contributed by atoms with van der Waals surface area (Å²) >= 11 is 0. The Balaban J connectivity index is 2.87. The summed E-state index contributed by atoms with van der Waals surface area (Å²) in [6, 6.07) is 10.0. The molecule has 0 N–H and O–H groups in total. The van der Waals surface area contributed by atoms with Gasteiger partial charge in [-0.05, 0) is 33.3 Å². The standard InChI is InChI=1S/C12H18OS/c1-10(14(13)12(2,3)4)11-8-6-5-7-9-11/h5-10H,1-4H3/t10-,14?/m1/s1. The summed E-state index contributed by atoms with van der Waals surface area (Å²) in [5.74, 6) is 0. The molecule has 1 aromatic rings. The van der Waals surface area contributed by atoms with Crippen molar-refractivity contribution in [3.8, 4) is 0 Å². The van der Waals surface area contributed by atoms with Crippen LogP contribution in [0.2, 0.25) is 0 Å². The van der Waals surface area contributed by atoms with Crippen LogP contribution in [0.15, 0.2) is 30.3 Å². The molecule has 1 aromatic carbocycles. The quantitative estimate of drug-likeness (QED) is 0.732. The summed E-state index contributed by atoms with van der Waals surface area (Å²) in [5, 5.41) is 0.108. The molecular weight excluding hydrogens is 192 g/mol. The van der Waals surface area contributed by atoms with Crippen LogP contribution in [0.3, 0.4) is 0 Å². The van der Waals surface area contributed by atoms with Gasteiger partial charge in [0.15, 0.2) is 0 Å². The van der Waals surface area contributed by atoms with Crippen LogP contribution in [0.4, 0.5) is 0 Å². The minimum atomic E-state index is -0.833. The highest BCUT2D eigenvalue weighted by Crippen LogP contribution is 2.27. The zero-order valence-electron chi connectivity index (χ0n) is 9.28. The van der Waals surface area contributed by atoms with E-state index in [4.69, 9.17) is 0 Å². The van der Waals surface area contributed by atoms with Crippen LogP contribution < -0.4 is 0 Å². The Bertz CT molecular complexity index is 311. The van der Waals surface area contributed by atoms with E-state index in [1.165, 1.54) is 0 Å². The first-order valence-corrected chi connectivity index (χ1v) is 6.10. The van der Waals surface area contributed by atoms with Crippen molar-refractivity contribution in [2.75, 3.05) is 0 Å². The third-order valence-corrected chi connectivity index (χ3v) is 4.32. The van der Waals surface area contributed by atoms with Crippen LogP contribution >= 0.6 is 0 Å². The maximum atomic E-state index is 12.1. The molecule has 0 heterocycles. The molecule has 0 bridgehead atoms. The van der Waals surface area contributed by atoms with E-state index in [0.29, 0.717) is 0 Å². The fourth-order valence-electron chi connectivity index (χ4n) is 1.38. The molecule has 0 fully saturated rings. The van der Waals surface area contributed by atoms with Gasteiger partial charge in [-0.15, -0.1) is 0 Å². The first-order valence-electron chi connectivity index (χ1n) is 4.88.